The number of hydrogen-bond acceptors (Lipinski definition) is 6. The van der Waals surface area contributed by atoms with Gasteiger partial charge in [-0.25, -0.2) is 9.37 Å². The van der Waals surface area contributed by atoms with E-state index in [1.807, 2.05) is 35.8 Å². The van der Waals surface area contributed by atoms with Crippen molar-refractivity contribution in [3.8, 4) is 11.3 Å². The fraction of sp³-hybridized carbons (Fsp3) is 0.273. The first kappa shape index (κ1) is 21.0. The molecule has 1 aliphatic heterocycles. The monoisotopic (exact) mass is 425 g/mol. The van der Waals surface area contributed by atoms with E-state index >= 15 is 0 Å². The van der Waals surface area contributed by atoms with Gasteiger partial charge in [0, 0.05) is 24.3 Å². The van der Waals surface area contributed by atoms with Crippen LogP contribution in [0.4, 0.5) is 15.9 Å². The molecular formula is C22H24FN5O3. The molecule has 1 atom stereocenters. The lowest BCUT2D eigenvalue weighted by molar-refractivity contribution is -0.156. The highest BCUT2D eigenvalue weighted by atomic mass is 19.1. The zero-order chi connectivity index (χ0) is 22.2. The van der Waals surface area contributed by atoms with Crippen molar-refractivity contribution in [3.63, 3.8) is 0 Å². The Morgan fingerprint density at radius 2 is 1.87 bits per heavy atom. The molecule has 0 spiro atoms. The van der Waals surface area contributed by atoms with Gasteiger partial charge in [-0.15, -0.1) is 0 Å². The van der Waals surface area contributed by atoms with Crippen molar-refractivity contribution < 1.29 is 19.4 Å². The van der Waals surface area contributed by atoms with Crippen molar-refractivity contribution in [2.24, 2.45) is 5.73 Å². The molecule has 0 unspecified atom stereocenters. The first-order chi connectivity index (χ1) is 14.8. The number of halogens is 1. The third-order valence-corrected chi connectivity index (χ3v) is 5.30. The molecule has 1 aromatic heterocycles. The fourth-order valence-corrected chi connectivity index (χ4v) is 3.56. The van der Waals surface area contributed by atoms with Crippen LogP contribution in [-0.4, -0.2) is 49.4 Å². The van der Waals surface area contributed by atoms with E-state index in [0.717, 1.165) is 22.6 Å². The van der Waals surface area contributed by atoms with Crippen LogP contribution >= 0.6 is 0 Å². The van der Waals surface area contributed by atoms with Gasteiger partial charge in [0.1, 0.15) is 23.2 Å². The van der Waals surface area contributed by atoms with Gasteiger partial charge in [-0.2, -0.15) is 0 Å². The Kier molecular flexibility index (Phi) is 5.48. The standard InChI is InChI=1S/C22H24FN5O3/c1-14-2-8-17(9-3-14)25-20-19(15-4-6-16(23)7-5-15)26-18-12-27(10-11-28(18)20)21(30)22(24,31)13-29/h2-9,25,29,31H,10-13,24H2,1H3/t22-/m0/s1. The number of aliphatic hydroxyl groups is 2. The molecule has 3 aromatic rings. The summed E-state index contributed by atoms with van der Waals surface area (Å²) >= 11 is 0. The highest BCUT2D eigenvalue weighted by Gasteiger charge is 2.37. The van der Waals surface area contributed by atoms with Crippen molar-refractivity contribution >= 4 is 17.4 Å². The van der Waals surface area contributed by atoms with Crippen molar-refractivity contribution in [3.05, 3.63) is 65.7 Å². The van der Waals surface area contributed by atoms with Crippen LogP contribution in [-0.2, 0) is 17.9 Å². The van der Waals surface area contributed by atoms with Crippen LogP contribution < -0.4 is 11.1 Å². The lowest BCUT2D eigenvalue weighted by atomic mass is 10.1. The number of nitrogens with one attached hydrogen (secondary N) is 1. The zero-order valence-corrected chi connectivity index (χ0v) is 17.0. The van der Waals surface area contributed by atoms with Crippen molar-refractivity contribution in [2.45, 2.75) is 25.7 Å². The van der Waals surface area contributed by atoms with Crippen LogP contribution in [0.2, 0.25) is 0 Å². The lowest BCUT2D eigenvalue weighted by Gasteiger charge is -2.32. The minimum absolute atomic E-state index is 0.113. The van der Waals surface area contributed by atoms with E-state index in [-0.39, 0.29) is 18.9 Å². The molecule has 2 aromatic carbocycles. The van der Waals surface area contributed by atoms with Crippen LogP contribution in [0.25, 0.3) is 11.3 Å². The molecule has 1 aliphatic rings. The van der Waals surface area contributed by atoms with Gasteiger partial charge < -0.3 is 25.0 Å². The minimum Gasteiger partial charge on any atom is -0.391 e. The zero-order valence-electron chi connectivity index (χ0n) is 17.0. The summed E-state index contributed by atoms with van der Waals surface area (Å²) in [5.74, 6) is 0.203. The number of carbonyl (C=O) groups excluding carboxylic acids is 1. The number of carbonyl (C=O) groups is 1. The first-order valence-electron chi connectivity index (χ1n) is 9.89. The van der Waals surface area contributed by atoms with Gasteiger partial charge >= 0.3 is 0 Å². The fourth-order valence-electron chi connectivity index (χ4n) is 3.56. The van der Waals surface area contributed by atoms with Crippen LogP contribution in [0.15, 0.2) is 48.5 Å². The number of anilines is 2. The maximum Gasteiger partial charge on any atom is 0.272 e. The van der Waals surface area contributed by atoms with Gasteiger partial charge in [0.25, 0.3) is 5.91 Å². The number of amides is 1. The first-order valence-corrected chi connectivity index (χ1v) is 9.89. The van der Waals surface area contributed by atoms with Gasteiger partial charge in [0.15, 0.2) is 0 Å². The molecule has 31 heavy (non-hydrogen) atoms. The molecule has 5 N–H and O–H groups in total. The van der Waals surface area contributed by atoms with E-state index < -0.39 is 18.2 Å². The van der Waals surface area contributed by atoms with E-state index in [4.69, 9.17) is 10.7 Å². The molecule has 0 fully saturated rings. The molecule has 9 heteroatoms. The highest BCUT2D eigenvalue weighted by Crippen LogP contribution is 2.33. The van der Waals surface area contributed by atoms with Gasteiger partial charge in [-0.3, -0.25) is 10.5 Å². The number of nitrogens with two attached hydrogens (primary N) is 1. The summed E-state index contributed by atoms with van der Waals surface area (Å²) in [5.41, 5.74) is 6.51. The topological polar surface area (TPSA) is 117 Å². The third kappa shape index (κ3) is 4.15. The molecule has 0 saturated carbocycles. The average Bonchev–Trinajstić information content (AvgIpc) is 3.12. The predicted molar refractivity (Wildman–Crippen MR) is 114 cm³/mol. The Balaban J connectivity index is 1.73. The maximum absolute atomic E-state index is 13.5. The van der Waals surface area contributed by atoms with Crippen LogP contribution in [0.5, 0.6) is 0 Å². The normalized spacial score (nSPS) is 15.3. The van der Waals surface area contributed by atoms with E-state index in [1.165, 1.54) is 17.0 Å². The molecule has 2 heterocycles. The number of imidazole rings is 1. The third-order valence-electron chi connectivity index (χ3n) is 5.30. The number of aromatic nitrogens is 2. The summed E-state index contributed by atoms with van der Waals surface area (Å²) in [6.07, 6.45) is 0. The largest absolute Gasteiger partial charge is 0.391 e. The average molecular weight is 425 g/mol. The molecule has 0 saturated heterocycles. The van der Waals surface area contributed by atoms with Crippen molar-refractivity contribution in [1.82, 2.24) is 14.5 Å². The smallest absolute Gasteiger partial charge is 0.272 e. The van der Waals surface area contributed by atoms with Crippen LogP contribution in [0.1, 0.15) is 11.4 Å². The summed E-state index contributed by atoms with van der Waals surface area (Å²) in [7, 11) is 0. The molecule has 4 rings (SSSR count). The van der Waals surface area contributed by atoms with Crippen LogP contribution in [0.3, 0.4) is 0 Å². The Hall–Kier alpha value is -3.27. The molecule has 0 bridgehead atoms. The lowest BCUT2D eigenvalue weighted by Crippen LogP contribution is -2.58. The second kappa shape index (κ2) is 8.10. The number of aliphatic hydroxyl groups excluding tert-OH is 1. The molecule has 1 amide bonds. The summed E-state index contributed by atoms with van der Waals surface area (Å²) in [6.45, 7) is 1.93. The highest BCUT2D eigenvalue weighted by molar-refractivity contribution is 5.84. The second-order valence-corrected chi connectivity index (χ2v) is 7.68. The Labute approximate surface area is 178 Å². The van der Waals surface area contributed by atoms with E-state index in [0.29, 0.717) is 18.1 Å². The minimum atomic E-state index is -2.34. The van der Waals surface area contributed by atoms with Crippen molar-refractivity contribution in [1.29, 1.82) is 0 Å². The maximum atomic E-state index is 13.5. The van der Waals surface area contributed by atoms with E-state index in [1.54, 1.807) is 12.1 Å². The number of benzene rings is 2. The second-order valence-electron chi connectivity index (χ2n) is 7.68. The number of hydrogen-bond donors (Lipinski definition) is 4. The van der Waals surface area contributed by atoms with E-state index in [2.05, 4.69) is 5.32 Å². The molecule has 8 nitrogen and oxygen atoms in total. The Morgan fingerprint density at radius 1 is 1.19 bits per heavy atom. The number of rotatable bonds is 5. The molecule has 0 aliphatic carbocycles. The number of fused-ring (bicyclic) bond motifs is 1. The predicted octanol–water partition coefficient (Wildman–Crippen LogP) is 1.72. The SMILES string of the molecule is Cc1ccc(Nc2c(-c3ccc(F)cc3)nc3n2CCN(C(=O)[C@@](N)(O)CO)C3)cc1. The van der Waals surface area contributed by atoms with E-state index in [9.17, 15) is 19.4 Å². The number of aryl methyl sites for hydroxylation is 1. The number of nitrogens with zero attached hydrogens (tertiary/aromatic N) is 3. The molecule has 0 radical (unpaired) electrons. The summed E-state index contributed by atoms with van der Waals surface area (Å²) < 4.78 is 15.4. The Morgan fingerprint density at radius 3 is 2.52 bits per heavy atom. The molecule has 162 valence electrons. The van der Waals surface area contributed by atoms with Gasteiger partial charge in [-0.1, -0.05) is 17.7 Å². The molecular weight excluding hydrogens is 401 g/mol. The van der Waals surface area contributed by atoms with Gasteiger partial charge in [-0.05, 0) is 43.3 Å². The summed E-state index contributed by atoms with van der Waals surface area (Å²) in [5, 5.41) is 22.5. The Bertz CT molecular complexity index is 1090. The van der Waals surface area contributed by atoms with Gasteiger partial charge in [0.05, 0.1) is 13.2 Å². The van der Waals surface area contributed by atoms with Gasteiger partial charge in [0.2, 0.25) is 5.72 Å². The van der Waals surface area contributed by atoms with Crippen molar-refractivity contribution in [2.75, 3.05) is 18.5 Å². The quantitative estimate of drug-likeness (QED) is 0.463. The van der Waals surface area contributed by atoms with Crippen LogP contribution in [0, 0.1) is 12.7 Å². The summed E-state index contributed by atoms with van der Waals surface area (Å²) in [4.78, 5) is 18.5. The summed E-state index contributed by atoms with van der Waals surface area (Å²) in [6, 6.07) is 13.9.